The molecule has 0 spiro atoms. The van der Waals surface area contributed by atoms with Crippen molar-refractivity contribution in [1.82, 2.24) is 0 Å². The minimum atomic E-state index is -0.608. The van der Waals surface area contributed by atoms with Gasteiger partial charge in [0.15, 0.2) is 23.0 Å². The Morgan fingerprint density at radius 2 is 0.448 bits per heavy atom. The molecule has 14 nitrogen and oxygen atoms in total. The standard InChI is InChI=1S/C102H168N2O12/c1-7-13-19-25-31-37-43-49-55-61-73-109-95-79-89(80-96(110-74-62-56-50-44-38-32-26-20-14-8-2)99(95)113-77-65-59-53-47-41-35-29-23-17-11-5)101(107)115-91-69-67-87(93(105)83-91)85-103-71-72-104-86-88-68-70-92(84-94(88)106)116-102(108)90-81-97(111-75-63-57-51-45-39-33-27-21-15-9-3)100(114-78-66-60-54-48-42-36-30-24-18-12-6)98(82-90)112-76-64-58-52-46-40-34-28-22-16-10-4/h67-70,79-86,105-106H,7-66,71-78H2,1-6H3. The van der Waals surface area contributed by atoms with Crippen molar-refractivity contribution in [3.63, 3.8) is 0 Å². The summed E-state index contributed by atoms with van der Waals surface area (Å²) >= 11 is 0. The second-order valence-corrected chi connectivity index (χ2v) is 33.1. The minimum Gasteiger partial charge on any atom is -0.507 e. The molecule has 0 saturated heterocycles. The van der Waals surface area contributed by atoms with E-state index in [-0.39, 0.29) is 47.2 Å². The van der Waals surface area contributed by atoms with E-state index in [2.05, 4.69) is 51.5 Å². The Morgan fingerprint density at radius 3 is 0.647 bits per heavy atom. The molecule has 0 atom stereocenters. The van der Waals surface area contributed by atoms with Crippen LogP contribution in [-0.4, -0.2) is 87.3 Å². The van der Waals surface area contributed by atoms with Gasteiger partial charge in [0.2, 0.25) is 11.5 Å². The van der Waals surface area contributed by atoms with Gasteiger partial charge >= 0.3 is 11.9 Å². The largest absolute Gasteiger partial charge is 0.507 e. The molecule has 658 valence electrons. The molecule has 0 saturated carbocycles. The summed E-state index contributed by atoms with van der Waals surface area (Å²) in [6.07, 6.45) is 76.4. The van der Waals surface area contributed by atoms with Crippen molar-refractivity contribution >= 4 is 24.4 Å². The number of rotatable bonds is 81. The summed E-state index contributed by atoms with van der Waals surface area (Å²) in [5, 5.41) is 22.5. The lowest BCUT2D eigenvalue weighted by Gasteiger charge is -2.19. The van der Waals surface area contributed by atoms with Gasteiger partial charge in [0.1, 0.15) is 23.0 Å². The molecule has 0 aliphatic heterocycles. The van der Waals surface area contributed by atoms with Crippen molar-refractivity contribution in [3.8, 4) is 57.5 Å². The highest BCUT2D eigenvalue weighted by Crippen LogP contribution is 2.42. The Morgan fingerprint density at radius 1 is 0.259 bits per heavy atom. The van der Waals surface area contributed by atoms with E-state index in [0.717, 1.165) is 77.0 Å². The summed E-state index contributed by atoms with van der Waals surface area (Å²) in [5.74, 6) is 1.93. The summed E-state index contributed by atoms with van der Waals surface area (Å²) in [4.78, 5) is 37.5. The first-order valence-corrected chi connectivity index (χ1v) is 48.4. The molecular weight excluding hydrogens is 1450 g/mol. The number of hydrogen-bond donors (Lipinski definition) is 2. The van der Waals surface area contributed by atoms with Crippen molar-refractivity contribution in [1.29, 1.82) is 0 Å². The van der Waals surface area contributed by atoms with Crippen molar-refractivity contribution in [3.05, 3.63) is 82.9 Å². The van der Waals surface area contributed by atoms with Gasteiger partial charge in [-0.25, -0.2) is 9.59 Å². The molecule has 0 fully saturated rings. The molecule has 0 bridgehead atoms. The van der Waals surface area contributed by atoms with Crippen LogP contribution in [-0.2, 0) is 0 Å². The first kappa shape index (κ1) is 102. The van der Waals surface area contributed by atoms with Gasteiger partial charge in [0.25, 0.3) is 0 Å². The average Bonchev–Trinajstić information content (AvgIpc) is 0.815. The molecule has 0 radical (unpaired) electrons. The third-order valence-corrected chi connectivity index (χ3v) is 22.3. The number of hydrogen-bond acceptors (Lipinski definition) is 14. The van der Waals surface area contributed by atoms with E-state index in [4.69, 9.17) is 37.9 Å². The van der Waals surface area contributed by atoms with Gasteiger partial charge in [0.05, 0.1) is 63.9 Å². The van der Waals surface area contributed by atoms with E-state index in [0.29, 0.717) is 85.3 Å². The highest BCUT2D eigenvalue weighted by molar-refractivity contribution is 5.94. The summed E-state index contributed by atoms with van der Waals surface area (Å²) < 4.78 is 51.5. The van der Waals surface area contributed by atoms with Crippen LogP contribution in [0.15, 0.2) is 70.6 Å². The van der Waals surface area contributed by atoms with E-state index >= 15 is 0 Å². The van der Waals surface area contributed by atoms with E-state index in [1.54, 1.807) is 61.0 Å². The van der Waals surface area contributed by atoms with Crippen molar-refractivity contribution in [2.45, 2.75) is 427 Å². The summed E-state index contributed by atoms with van der Waals surface area (Å²) in [6.45, 7) is 17.2. The molecule has 0 aromatic heterocycles. The lowest BCUT2D eigenvalue weighted by molar-refractivity contribution is 0.0723. The summed E-state index contributed by atoms with van der Waals surface area (Å²) in [5.41, 5.74) is 1.42. The molecule has 14 heteroatoms. The van der Waals surface area contributed by atoms with E-state index in [1.807, 2.05) is 0 Å². The molecule has 0 heterocycles. The second-order valence-electron chi connectivity index (χ2n) is 33.1. The molecule has 2 N–H and O–H groups in total. The number of ether oxygens (including phenoxy) is 8. The van der Waals surface area contributed by atoms with Crippen LogP contribution in [0.3, 0.4) is 0 Å². The maximum atomic E-state index is 14.2. The Labute approximate surface area is 708 Å². The zero-order valence-corrected chi connectivity index (χ0v) is 74.9. The van der Waals surface area contributed by atoms with Gasteiger partial charge in [-0.15, -0.1) is 0 Å². The molecule has 4 rings (SSSR count). The number of nitrogens with zero attached hydrogens (tertiary/aromatic N) is 2. The topological polar surface area (TPSA) is 173 Å². The Kier molecular flexibility index (Phi) is 63.8. The summed E-state index contributed by atoms with van der Waals surface area (Å²) in [6, 6.07) is 16.3. The number of aliphatic imine (C=N–C) groups is 2. The number of carbonyl (C=O) groups is 2. The molecule has 0 unspecified atom stereocenters. The molecule has 4 aromatic rings. The average molecular weight is 1610 g/mol. The molecule has 0 amide bonds. The Balaban J connectivity index is 1.44. The first-order valence-electron chi connectivity index (χ1n) is 48.4. The quantitative estimate of drug-likeness (QED) is 0.0186. The van der Waals surface area contributed by atoms with Gasteiger partial charge < -0.3 is 48.1 Å². The van der Waals surface area contributed by atoms with Gasteiger partial charge in [-0.2, -0.15) is 0 Å². The lowest BCUT2D eigenvalue weighted by atomic mass is 10.1. The zero-order chi connectivity index (χ0) is 82.9. The fourth-order valence-corrected chi connectivity index (χ4v) is 14.9. The zero-order valence-electron chi connectivity index (χ0n) is 74.9. The fourth-order valence-electron chi connectivity index (χ4n) is 14.9. The smallest absolute Gasteiger partial charge is 0.343 e. The number of unbranched alkanes of at least 4 members (excludes halogenated alkanes) is 54. The number of carbonyl (C=O) groups excluding carboxylic acids is 2. The van der Waals surface area contributed by atoms with Crippen LogP contribution in [0, 0.1) is 0 Å². The minimum absolute atomic E-state index is 0.104. The first-order chi connectivity index (χ1) is 57.1. The normalized spacial score (nSPS) is 11.5. The van der Waals surface area contributed by atoms with Crippen LogP contribution in [0.4, 0.5) is 0 Å². The Hall–Kier alpha value is -6.44. The third kappa shape index (κ3) is 51.1. The van der Waals surface area contributed by atoms with E-state index in [1.165, 1.54) is 320 Å². The number of benzene rings is 4. The number of esters is 2. The lowest BCUT2D eigenvalue weighted by Crippen LogP contribution is -2.12. The van der Waals surface area contributed by atoms with Gasteiger partial charge in [-0.3, -0.25) is 9.98 Å². The highest BCUT2D eigenvalue weighted by atomic mass is 16.6. The molecule has 116 heavy (non-hydrogen) atoms. The van der Waals surface area contributed by atoms with Crippen molar-refractivity contribution in [2.24, 2.45) is 9.98 Å². The predicted octanol–water partition coefficient (Wildman–Crippen LogP) is 30.9. The van der Waals surface area contributed by atoms with Crippen LogP contribution in [0.1, 0.15) is 459 Å². The van der Waals surface area contributed by atoms with Crippen LogP contribution < -0.4 is 37.9 Å². The summed E-state index contributed by atoms with van der Waals surface area (Å²) in [7, 11) is 0. The number of aromatic hydroxyl groups is 2. The predicted molar refractivity (Wildman–Crippen MR) is 488 cm³/mol. The van der Waals surface area contributed by atoms with Crippen molar-refractivity contribution < 1.29 is 57.7 Å². The third-order valence-electron chi connectivity index (χ3n) is 22.3. The maximum absolute atomic E-state index is 14.2. The molecule has 0 aliphatic carbocycles. The van der Waals surface area contributed by atoms with Crippen LogP contribution in [0.2, 0.25) is 0 Å². The second kappa shape index (κ2) is 72.6. The SMILES string of the molecule is CCCCCCCCCCCCOc1cc(C(=O)Oc2ccc(C=NCCN=Cc3ccc(OC(=O)c4cc(OCCCCCCCCCCCC)c(OCCCCCCCCCCCC)c(OCCCCCCCCCCCC)c4)cc3O)c(O)c2)cc(OCCCCCCCCCCCC)c1OCCCCCCCCCCCC. The molecular formula is C102H168N2O12. The number of phenols is 2. The van der Waals surface area contributed by atoms with Gasteiger partial charge in [-0.1, -0.05) is 388 Å². The highest BCUT2D eigenvalue weighted by Gasteiger charge is 2.24. The maximum Gasteiger partial charge on any atom is 0.343 e. The van der Waals surface area contributed by atoms with Gasteiger partial charge in [0, 0.05) is 35.7 Å². The fraction of sp³-hybridized carbons (Fsp3) is 0.725. The monoisotopic (exact) mass is 1610 g/mol. The van der Waals surface area contributed by atoms with Crippen LogP contribution in [0.25, 0.3) is 0 Å². The van der Waals surface area contributed by atoms with E-state index in [9.17, 15) is 19.8 Å². The van der Waals surface area contributed by atoms with Crippen LogP contribution >= 0.6 is 0 Å². The Bertz CT molecular complexity index is 2790. The molecule has 4 aromatic carbocycles. The molecule has 0 aliphatic rings. The van der Waals surface area contributed by atoms with Crippen molar-refractivity contribution in [2.75, 3.05) is 52.7 Å². The van der Waals surface area contributed by atoms with E-state index < -0.39 is 11.9 Å². The van der Waals surface area contributed by atoms with Crippen LogP contribution in [0.5, 0.6) is 57.5 Å². The number of phenolic OH excluding ortho intramolecular Hbond substituents is 2. The van der Waals surface area contributed by atoms with Gasteiger partial charge in [-0.05, 0) is 87.1 Å².